The molecule has 0 amide bonds. The summed E-state index contributed by atoms with van der Waals surface area (Å²) in [5.74, 6) is 0. The zero-order valence-corrected chi connectivity index (χ0v) is 11.6. The number of hydrogen-bond donors (Lipinski definition) is 0. The number of aryl methyl sites for hydroxylation is 1. The fourth-order valence-electron chi connectivity index (χ4n) is 1.39. The molecule has 0 saturated heterocycles. The molecule has 1 nitrogen and oxygen atoms in total. The van der Waals surface area contributed by atoms with Gasteiger partial charge in [0.1, 0.15) is 5.58 Å². The van der Waals surface area contributed by atoms with E-state index in [0.717, 1.165) is 6.07 Å². The minimum Gasteiger partial charge on any atom is -0.492 e. The number of para-hydroxylation sites is 1. The van der Waals surface area contributed by atoms with Crippen LogP contribution in [0.15, 0.2) is 28.7 Å². The molecule has 2 aromatic rings. The first-order chi connectivity index (χ1) is 6.48. The van der Waals surface area contributed by atoms with Gasteiger partial charge in [0.25, 0.3) is 0 Å². The van der Waals surface area contributed by atoms with Gasteiger partial charge in [-0.1, -0.05) is 18.2 Å². The van der Waals surface area contributed by atoms with E-state index < -0.39 is 12.6 Å². The van der Waals surface area contributed by atoms with Crippen molar-refractivity contribution in [3.05, 3.63) is 29.8 Å². The molecule has 0 unspecified atom stereocenters. The fourth-order valence-corrected chi connectivity index (χ4v) is 1.39. The van der Waals surface area contributed by atoms with Gasteiger partial charge < -0.3 is 17.4 Å². The second-order valence-corrected chi connectivity index (χ2v) is 3.22. The quantitative estimate of drug-likeness (QED) is 0.627. The molecular weight excluding hydrogens is 231 g/mol. The Balaban J connectivity index is 0.00000112. The van der Waals surface area contributed by atoms with Crippen molar-refractivity contribution in [3.63, 3.8) is 0 Å². The molecule has 0 atom stereocenters. The van der Waals surface area contributed by atoms with Crippen LogP contribution < -0.4 is 57.0 Å². The SMILES string of the molecule is Cc1cccc2cc([B-](F)(F)F)oc12.[K+]. The van der Waals surface area contributed by atoms with Gasteiger partial charge in [0.15, 0.2) is 0 Å². The Labute approximate surface area is 127 Å². The summed E-state index contributed by atoms with van der Waals surface area (Å²) >= 11 is 0. The third-order valence-electron chi connectivity index (χ3n) is 2.08. The Morgan fingerprint density at radius 3 is 2.40 bits per heavy atom. The predicted octanol–water partition coefficient (Wildman–Crippen LogP) is -0.200. The molecule has 6 heteroatoms. The molecule has 0 N–H and O–H groups in total. The van der Waals surface area contributed by atoms with Crippen molar-refractivity contribution >= 4 is 23.6 Å². The molecule has 0 aliphatic carbocycles. The second-order valence-electron chi connectivity index (χ2n) is 3.22. The molecular formula is C9H7BF3KO. The fraction of sp³-hybridized carbons (Fsp3) is 0.111. The smallest absolute Gasteiger partial charge is 0.492 e. The molecule has 0 radical (unpaired) electrons. The van der Waals surface area contributed by atoms with Crippen LogP contribution in [-0.2, 0) is 0 Å². The summed E-state index contributed by atoms with van der Waals surface area (Å²) in [5.41, 5.74) is 0.157. The van der Waals surface area contributed by atoms with Gasteiger partial charge in [-0.2, -0.15) is 0 Å². The summed E-state index contributed by atoms with van der Waals surface area (Å²) in [4.78, 5) is 0. The van der Waals surface area contributed by atoms with Crippen molar-refractivity contribution in [2.75, 3.05) is 0 Å². The number of furan rings is 1. The van der Waals surface area contributed by atoms with Crippen LogP contribution >= 0.6 is 0 Å². The summed E-state index contributed by atoms with van der Waals surface area (Å²) in [6, 6.07) is 6.08. The molecule has 0 fully saturated rings. The van der Waals surface area contributed by atoms with E-state index in [1.165, 1.54) is 0 Å². The van der Waals surface area contributed by atoms with Gasteiger partial charge in [-0.15, -0.1) is 0 Å². The predicted molar refractivity (Wildman–Crippen MR) is 49.7 cm³/mol. The van der Waals surface area contributed by atoms with Gasteiger partial charge in [0, 0.05) is 11.0 Å². The molecule has 1 aromatic heterocycles. The van der Waals surface area contributed by atoms with Gasteiger partial charge in [0.2, 0.25) is 0 Å². The Bertz CT molecular complexity index is 478. The molecule has 74 valence electrons. The summed E-state index contributed by atoms with van der Waals surface area (Å²) in [5, 5.41) is 0.499. The van der Waals surface area contributed by atoms with E-state index in [4.69, 9.17) is 4.42 Å². The van der Waals surface area contributed by atoms with E-state index in [0.29, 0.717) is 16.5 Å². The first-order valence-corrected chi connectivity index (χ1v) is 4.17. The normalized spacial score (nSPS) is 11.5. The molecule has 15 heavy (non-hydrogen) atoms. The van der Waals surface area contributed by atoms with E-state index in [1.54, 1.807) is 25.1 Å². The zero-order valence-electron chi connectivity index (χ0n) is 8.43. The molecule has 1 heterocycles. The van der Waals surface area contributed by atoms with Crippen molar-refractivity contribution in [1.29, 1.82) is 0 Å². The summed E-state index contributed by atoms with van der Waals surface area (Å²) in [6.45, 7) is -3.32. The number of rotatable bonds is 1. The number of benzene rings is 1. The minimum atomic E-state index is -5.04. The summed E-state index contributed by atoms with van der Waals surface area (Å²) < 4.78 is 41.7. The van der Waals surface area contributed by atoms with E-state index >= 15 is 0 Å². The first-order valence-electron chi connectivity index (χ1n) is 4.17. The van der Waals surface area contributed by atoms with Crippen molar-refractivity contribution in [1.82, 2.24) is 0 Å². The average Bonchev–Trinajstić information content (AvgIpc) is 2.48. The van der Waals surface area contributed by atoms with E-state index in [1.807, 2.05) is 0 Å². The van der Waals surface area contributed by atoms with Gasteiger partial charge in [-0.25, -0.2) is 0 Å². The maximum atomic E-state index is 12.3. The Morgan fingerprint density at radius 1 is 1.20 bits per heavy atom. The summed E-state index contributed by atoms with van der Waals surface area (Å²) in [7, 11) is 0. The molecule has 0 aliphatic heterocycles. The van der Waals surface area contributed by atoms with Gasteiger partial charge >= 0.3 is 58.4 Å². The molecule has 0 saturated carbocycles. The van der Waals surface area contributed by atoms with E-state index in [2.05, 4.69) is 0 Å². The van der Waals surface area contributed by atoms with Crippen LogP contribution in [-0.4, -0.2) is 6.98 Å². The van der Waals surface area contributed by atoms with Crippen molar-refractivity contribution in [2.24, 2.45) is 0 Å². The Hall–Kier alpha value is 0.251. The largest absolute Gasteiger partial charge is 1.00 e. The second kappa shape index (κ2) is 4.63. The third-order valence-corrected chi connectivity index (χ3v) is 2.08. The van der Waals surface area contributed by atoms with E-state index in [-0.39, 0.29) is 51.4 Å². The molecule has 0 spiro atoms. The van der Waals surface area contributed by atoms with Crippen LogP contribution in [0, 0.1) is 6.92 Å². The number of fused-ring (bicyclic) bond motifs is 1. The monoisotopic (exact) mass is 238 g/mol. The number of hydrogen-bond acceptors (Lipinski definition) is 1. The van der Waals surface area contributed by atoms with Crippen LogP contribution in [0.2, 0.25) is 0 Å². The molecule has 0 aliphatic rings. The van der Waals surface area contributed by atoms with Gasteiger partial charge in [-0.05, 0) is 18.6 Å². The first kappa shape index (κ1) is 13.3. The molecule has 1 aromatic carbocycles. The van der Waals surface area contributed by atoms with Crippen LogP contribution in [0.4, 0.5) is 12.9 Å². The molecule has 0 bridgehead atoms. The minimum absolute atomic E-state index is 0. The van der Waals surface area contributed by atoms with Crippen LogP contribution in [0.5, 0.6) is 0 Å². The van der Waals surface area contributed by atoms with Gasteiger partial charge in [0.05, 0.1) is 0 Å². The van der Waals surface area contributed by atoms with Crippen molar-refractivity contribution < 1.29 is 68.7 Å². The molecule has 2 rings (SSSR count). The van der Waals surface area contributed by atoms with Crippen LogP contribution in [0.1, 0.15) is 5.56 Å². The standard InChI is InChI=1S/C9H7BF3O.K/c1-6-3-2-4-7-5-8(10(11,12)13)14-9(6)7;/h2-5H,1H3;/q-1;+1. The Kier molecular flexibility index (Phi) is 4.11. The maximum absolute atomic E-state index is 12.3. The van der Waals surface area contributed by atoms with Crippen LogP contribution in [0.25, 0.3) is 11.0 Å². The van der Waals surface area contributed by atoms with Crippen molar-refractivity contribution in [2.45, 2.75) is 6.92 Å². The zero-order chi connectivity index (χ0) is 10.3. The average molecular weight is 238 g/mol. The van der Waals surface area contributed by atoms with E-state index in [9.17, 15) is 12.9 Å². The van der Waals surface area contributed by atoms with Crippen molar-refractivity contribution in [3.8, 4) is 0 Å². The third kappa shape index (κ3) is 2.68. The number of halogens is 3. The summed E-state index contributed by atoms with van der Waals surface area (Å²) in [6.07, 6.45) is 0. The van der Waals surface area contributed by atoms with Gasteiger partial charge in [-0.3, -0.25) is 0 Å². The maximum Gasteiger partial charge on any atom is 1.00 e. The van der Waals surface area contributed by atoms with Crippen LogP contribution in [0.3, 0.4) is 0 Å². The topological polar surface area (TPSA) is 13.1 Å². The Morgan fingerprint density at radius 2 is 1.87 bits per heavy atom.